The Morgan fingerprint density at radius 1 is 1.33 bits per heavy atom. The number of rotatable bonds is 2. The van der Waals surface area contributed by atoms with Crippen molar-refractivity contribution in [3.63, 3.8) is 0 Å². The molecule has 78 valence electrons. The fraction of sp³-hybridized carbons (Fsp3) is 0.308. The van der Waals surface area contributed by atoms with Crippen molar-refractivity contribution in [1.29, 1.82) is 0 Å². The summed E-state index contributed by atoms with van der Waals surface area (Å²) >= 11 is 0. The number of carbonyl (C=O) groups excluding carboxylic acids is 1. The zero-order valence-electron chi connectivity index (χ0n) is 8.86. The van der Waals surface area contributed by atoms with Crippen molar-refractivity contribution < 1.29 is 4.79 Å². The average molecular weight is 201 g/mol. The molecule has 0 bridgehead atoms. The molecule has 0 aromatic heterocycles. The van der Waals surface area contributed by atoms with Crippen LogP contribution < -0.4 is 5.32 Å². The normalized spacial score (nSPS) is 15.5. The van der Waals surface area contributed by atoms with Crippen LogP contribution in [0.15, 0.2) is 36.4 Å². The Labute approximate surface area is 90.0 Å². The van der Waals surface area contributed by atoms with Gasteiger partial charge in [-0.15, -0.1) is 0 Å². The van der Waals surface area contributed by atoms with Crippen LogP contribution in [0.4, 0.5) is 0 Å². The molecule has 0 saturated heterocycles. The maximum Gasteiger partial charge on any atom is 0.243 e. The maximum absolute atomic E-state index is 11.4. The minimum absolute atomic E-state index is 0.00954. The summed E-state index contributed by atoms with van der Waals surface area (Å²) in [5, 5.41) is 3.00. The van der Waals surface area contributed by atoms with Gasteiger partial charge in [-0.2, -0.15) is 0 Å². The lowest BCUT2D eigenvalue weighted by Gasteiger charge is -2.09. The van der Waals surface area contributed by atoms with Gasteiger partial charge in [0, 0.05) is 6.04 Å². The Hall–Kier alpha value is -1.57. The molecule has 0 spiro atoms. The Morgan fingerprint density at radius 2 is 1.93 bits per heavy atom. The number of nitrogens with one attached hydrogen (secondary N) is 1. The summed E-state index contributed by atoms with van der Waals surface area (Å²) in [4.78, 5) is 11.4. The fourth-order valence-corrected chi connectivity index (χ4v) is 2.06. The average Bonchev–Trinajstić information content (AvgIpc) is 2.59. The third-order valence-electron chi connectivity index (χ3n) is 2.72. The third kappa shape index (κ3) is 2.27. The summed E-state index contributed by atoms with van der Waals surface area (Å²) in [6.07, 6.45) is 5.25. The van der Waals surface area contributed by atoms with Crippen molar-refractivity contribution in [3.05, 3.63) is 47.5 Å². The second-order valence-electron chi connectivity index (χ2n) is 3.88. The van der Waals surface area contributed by atoms with Crippen LogP contribution in [0.1, 0.15) is 18.1 Å². The summed E-state index contributed by atoms with van der Waals surface area (Å²) in [7, 11) is 0. The SMILES string of the molecule is C/C=C/C(=O)NC1Cc2ccccc2C1. The number of benzene rings is 1. The number of hydrogen-bond acceptors (Lipinski definition) is 1. The van der Waals surface area contributed by atoms with Crippen molar-refractivity contribution >= 4 is 5.91 Å². The van der Waals surface area contributed by atoms with Gasteiger partial charge in [0.1, 0.15) is 0 Å². The molecule has 0 aliphatic heterocycles. The highest BCUT2D eigenvalue weighted by Gasteiger charge is 2.21. The molecule has 0 atom stereocenters. The van der Waals surface area contributed by atoms with Crippen LogP contribution in [0, 0.1) is 0 Å². The Balaban J connectivity index is 1.99. The van der Waals surface area contributed by atoms with E-state index in [0.29, 0.717) is 0 Å². The van der Waals surface area contributed by atoms with Crippen LogP contribution in [0.25, 0.3) is 0 Å². The quantitative estimate of drug-likeness (QED) is 0.727. The maximum atomic E-state index is 11.4. The van der Waals surface area contributed by atoms with Crippen molar-refractivity contribution in [2.75, 3.05) is 0 Å². The predicted molar refractivity (Wildman–Crippen MR) is 60.6 cm³/mol. The van der Waals surface area contributed by atoms with E-state index in [4.69, 9.17) is 0 Å². The molecule has 2 nitrogen and oxygen atoms in total. The molecule has 0 heterocycles. The molecule has 2 rings (SSSR count). The van der Waals surface area contributed by atoms with E-state index in [1.54, 1.807) is 12.2 Å². The first-order valence-electron chi connectivity index (χ1n) is 5.29. The highest BCUT2D eigenvalue weighted by molar-refractivity contribution is 5.87. The molecule has 1 aromatic rings. The van der Waals surface area contributed by atoms with Crippen molar-refractivity contribution in [1.82, 2.24) is 5.32 Å². The van der Waals surface area contributed by atoms with Crippen molar-refractivity contribution in [2.24, 2.45) is 0 Å². The first kappa shape index (κ1) is 9.97. The largest absolute Gasteiger partial charge is 0.349 e. The number of fused-ring (bicyclic) bond motifs is 1. The highest BCUT2D eigenvalue weighted by Crippen LogP contribution is 2.21. The lowest BCUT2D eigenvalue weighted by molar-refractivity contribution is -0.117. The van der Waals surface area contributed by atoms with Crippen LogP contribution in [0.3, 0.4) is 0 Å². The van der Waals surface area contributed by atoms with Crippen molar-refractivity contribution in [3.8, 4) is 0 Å². The lowest BCUT2D eigenvalue weighted by Crippen LogP contribution is -2.33. The van der Waals surface area contributed by atoms with Gasteiger partial charge in [-0.05, 0) is 37.0 Å². The molecule has 1 aliphatic carbocycles. The first-order valence-corrected chi connectivity index (χ1v) is 5.29. The standard InChI is InChI=1S/C13H15NO/c1-2-5-13(15)14-12-8-10-6-3-4-7-11(10)9-12/h2-7,12H,8-9H2,1H3,(H,14,15)/b5-2+. The predicted octanol–water partition coefficient (Wildman–Crippen LogP) is 1.85. The van der Waals surface area contributed by atoms with E-state index in [-0.39, 0.29) is 11.9 Å². The van der Waals surface area contributed by atoms with Crippen LogP contribution in [-0.4, -0.2) is 11.9 Å². The number of amides is 1. The Bertz CT molecular complexity index is 370. The smallest absolute Gasteiger partial charge is 0.243 e. The van der Waals surface area contributed by atoms with Crippen LogP contribution in [0.5, 0.6) is 0 Å². The molecule has 0 unspecified atom stereocenters. The number of carbonyl (C=O) groups is 1. The molecule has 2 heteroatoms. The van der Waals surface area contributed by atoms with E-state index in [1.807, 2.05) is 6.92 Å². The Kier molecular flexibility index (Phi) is 2.86. The minimum Gasteiger partial charge on any atom is -0.349 e. The molecule has 1 aliphatic rings. The van der Waals surface area contributed by atoms with E-state index in [0.717, 1.165) is 12.8 Å². The van der Waals surface area contributed by atoms with Gasteiger partial charge >= 0.3 is 0 Å². The zero-order chi connectivity index (χ0) is 10.7. The second-order valence-corrected chi connectivity index (χ2v) is 3.88. The molecule has 1 aromatic carbocycles. The van der Waals surface area contributed by atoms with E-state index < -0.39 is 0 Å². The molecule has 0 saturated carbocycles. The van der Waals surface area contributed by atoms with Gasteiger partial charge in [0.05, 0.1) is 0 Å². The summed E-state index contributed by atoms with van der Waals surface area (Å²) in [5.74, 6) is 0.00954. The van der Waals surface area contributed by atoms with Gasteiger partial charge in [0.25, 0.3) is 0 Å². The molecular weight excluding hydrogens is 186 g/mol. The zero-order valence-corrected chi connectivity index (χ0v) is 8.86. The summed E-state index contributed by atoms with van der Waals surface area (Å²) in [6.45, 7) is 1.85. The van der Waals surface area contributed by atoms with Gasteiger partial charge in [-0.1, -0.05) is 30.3 Å². The van der Waals surface area contributed by atoms with Gasteiger partial charge in [-0.3, -0.25) is 4.79 Å². The monoisotopic (exact) mass is 201 g/mol. The summed E-state index contributed by atoms with van der Waals surface area (Å²) < 4.78 is 0. The second kappa shape index (κ2) is 4.30. The van der Waals surface area contributed by atoms with Crippen LogP contribution in [-0.2, 0) is 17.6 Å². The van der Waals surface area contributed by atoms with Crippen LogP contribution in [0.2, 0.25) is 0 Å². The molecule has 0 fully saturated rings. The topological polar surface area (TPSA) is 29.1 Å². The van der Waals surface area contributed by atoms with Crippen molar-refractivity contribution in [2.45, 2.75) is 25.8 Å². The number of allylic oxidation sites excluding steroid dienone is 1. The number of hydrogen-bond donors (Lipinski definition) is 1. The summed E-state index contributed by atoms with van der Waals surface area (Å²) in [6, 6.07) is 8.64. The van der Waals surface area contributed by atoms with E-state index in [2.05, 4.69) is 29.6 Å². The molecule has 15 heavy (non-hydrogen) atoms. The van der Waals surface area contributed by atoms with E-state index >= 15 is 0 Å². The minimum atomic E-state index is 0.00954. The third-order valence-corrected chi connectivity index (χ3v) is 2.72. The molecule has 1 amide bonds. The van der Waals surface area contributed by atoms with Gasteiger partial charge in [-0.25, -0.2) is 0 Å². The summed E-state index contributed by atoms with van der Waals surface area (Å²) in [5.41, 5.74) is 2.73. The van der Waals surface area contributed by atoms with Gasteiger partial charge in [0.2, 0.25) is 5.91 Å². The van der Waals surface area contributed by atoms with Gasteiger partial charge < -0.3 is 5.32 Å². The molecular formula is C13H15NO. The highest BCUT2D eigenvalue weighted by atomic mass is 16.1. The Morgan fingerprint density at radius 3 is 2.47 bits per heavy atom. The van der Waals surface area contributed by atoms with Crippen LogP contribution >= 0.6 is 0 Å². The molecule has 1 N–H and O–H groups in total. The molecule has 0 radical (unpaired) electrons. The first-order chi connectivity index (χ1) is 7.29. The lowest BCUT2D eigenvalue weighted by atomic mass is 10.1. The van der Waals surface area contributed by atoms with E-state index in [1.165, 1.54) is 11.1 Å². The van der Waals surface area contributed by atoms with Gasteiger partial charge in [0.15, 0.2) is 0 Å². The van der Waals surface area contributed by atoms with E-state index in [9.17, 15) is 4.79 Å². The fourth-order valence-electron chi connectivity index (χ4n) is 2.06.